The zero-order valence-corrected chi connectivity index (χ0v) is 12.8. The Hall–Kier alpha value is -1.81. The molecule has 0 unspecified atom stereocenters. The summed E-state index contributed by atoms with van der Waals surface area (Å²) in [6, 6.07) is 7.00. The molecule has 0 aliphatic rings. The first-order valence-electron chi connectivity index (χ1n) is 5.64. The minimum Gasteiger partial charge on any atom is -0.369 e. The maximum absolute atomic E-state index is 10.9. The lowest BCUT2D eigenvalue weighted by Crippen LogP contribution is -2.13. The summed E-state index contributed by atoms with van der Waals surface area (Å²) in [7, 11) is 0. The summed E-state index contributed by atoms with van der Waals surface area (Å²) >= 11 is 12.9. The van der Waals surface area contributed by atoms with Crippen molar-refractivity contribution < 1.29 is 4.79 Å². The van der Waals surface area contributed by atoms with Gasteiger partial charge in [-0.15, -0.1) is 0 Å². The highest BCUT2D eigenvalue weighted by atomic mass is 35.5. The molecule has 5 nitrogen and oxygen atoms in total. The van der Waals surface area contributed by atoms with Crippen LogP contribution in [-0.2, 0) is 4.79 Å². The number of nitriles is 1. The van der Waals surface area contributed by atoms with Gasteiger partial charge in [0.1, 0.15) is 23.0 Å². The number of rotatable bonds is 4. The zero-order valence-electron chi connectivity index (χ0n) is 10.5. The summed E-state index contributed by atoms with van der Waals surface area (Å²) in [5.74, 6) is -0.453. The van der Waals surface area contributed by atoms with Crippen LogP contribution in [-0.4, -0.2) is 21.6 Å². The van der Waals surface area contributed by atoms with Gasteiger partial charge in [-0.25, -0.2) is 9.97 Å². The fourth-order valence-corrected chi connectivity index (χ4v) is 2.57. The molecule has 8 heteroatoms. The highest BCUT2D eigenvalue weighted by molar-refractivity contribution is 8.00. The van der Waals surface area contributed by atoms with Crippen LogP contribution in [0.5, 0.6) is 0 Å². The lowest BCUT2D eigenvalue weighted by Gasteiger charge is -2.07. The highest BCUT2D eigenvalue weighted by Crippen LogP contribution is 2.31. The van der Waals surface area contributed by atoms with Gasteiger partial charge in [0.05, 0.1) is 21.5 Å². The fourth-order valence-electron chi connectivity index (χ4n) is 1.58. The fraction of sp³-hybridized carbons (Fsp3) is 0.0769. The summed E-state index contributed by atoms with van der Waals surface area (Å²) in [5, 5.41) is 10.5. The first kappa shape index (κ1) is 15.6. The molecular formula is C13H8Cl2N4OS. The molecule has 0 aliphatic carbocycles. The number of nitrogens with zero attached hydrogens (tertiary/aromatic N) is 3. The van der Waals surface area contributed by atoms with Gasteiger partial charge >= 0.3 is 0 Å². The maximum atomic E-state index is 10.9. The second-order valence-corrected chi connectivity index (χ2v) is 5.68. The number of hydrogen-bond acceptors (Lipinski definition) is 5. The number of carbonyl (C=O) groups is 1. The summed E-state index contributed by atoms with van der Waals surface area (Å²) in [6.07, 6.45) is 1.32. The van der Waals surface area contributed by atoms with E-state index in [1.54, 1.807) is 18.2 Å². The van der Waals surface area contributed by atoms with Crippen molar-refractivity contribution in [1.82, 2.24) is 9.97 Å². The lowest BCUT2D eigenvalue weighted by atomic mass is 10.1. The number of amides is 1. The number of halogens is 2. The van der Waals surface area contributed by atoms with Crippen molar-refractivity contribution in [2.45, 2.75) is 5.03 Å². The molecule has 1 heterocycles. The van der Waals surface area contributed by atoms with Crippen LogP contribution in [0.2, 0.25) is 10.0 Å². The third-order valence-electron chi connectivity index (χ3n) is 2.47. The summed E-state index contributed by atoms with van der Waals surface area (Å²) in [6.45, 7) is 0. The molecule has 0 aliphatic heterocycles. The Labute approximate surface area is 135 Å². The monoisotopic (exact) mass is 338 g/mol. The normalized spacial score (nSPS) is 10.1. The van der Waals surface area contributed by atoms with Gasteiger partial charge in [-0.1, -0.05) is 41.0 Å². The molecular weight excluding hydrogens is 331 g/mol. The van der Waals surface area contributed by atoms with E-state index in [0.717, 1.165) is 11.8 Å². The molecule has 1 amide bonds. The average Bonchev–Trinajstić information content (AvgIpc) is 2.47. The molecule has 106 valence electrons. The predicted molar refractivity (Wildman–Crippen MR) is 82.1 cm³/mol. The molecule has 2 N–H and O–H groups in total. The Bertz CT molecular complexity index is 745. The molecule has 1 aromatic carbocycles. The smallest absolute Gasteiger partial charge is 0.227 e. The maximum Gasteiger partial charge on any atom is 0.227 e. The first-order valence-corrected chi connectivity index (χ1v) is 7.38. The van der Waals surface area contributed by atoms with Crippen molar-refractivity contribution in [3.8, 4) is 17.3 Å². The van der Waals surface area contributed by atoms with Crippen molar-refractivity contribution in [2.75, 3.05) is 5.75 Å². The van der Waals surface area contributed by atoms with Gasteiger partial charge in [-0.2, -0.15) is 5.26 Å². The molecule has 0 radical (unpaired) electrons. The summed E-state index contributed by atoms with van der Waals surface area (Å²) in [4.78, 5) is 19.0. The molecule has 0 fully saturated rings. The van der Waals surface area contributed by atoms with Gasteiger partial charge in [0, 0.05) is 5.56 Å². The van der Waals surface area contributed by atoms with Gasteiger partial charge < -0.3 is 5.73 Å². The third kappa shape index (κ3) is 3.64. The van der Waals surface area contributed by atoms with Gasteiger partial charge in [-0.3, -0.25) is 4.79 Å². The van der Waals surface area contributed by atoms with E-state index < -0.39 is 5.91 Å². The Balaban J connectivity index is 2.48. The topological polar surface area (TPSA) is 92.7 Å². The number of primary amides is 1. The molecule has 0 spiro atoms. The van der Waals surface area contributed by atoms with Crippen LogP contribution in [0, 0.1) is 11.3 Å². The minimum absolute atomic E-state index is 0.0342. The van der Waals surface area contributed by atoms with Crippen molar-refractivity contribution >= 4 is 40.9 Å². The number of nitrogens with two attached hydrogens (primary N) is 1. The Morgan fingerprint density at radius 2 is 2.10 bits per heavy atom. The van der Waals surface area contributed by atoms with E-state index in [1.165, 1.54) is 6.33 Å². The number of aromatic nitrogens is 2. The molecule has 1 aromatic heterocycles. The summed E-state index contributed by atoms with van der Waals surface area (Å²) < 4.78 is 0. The van der Waals surface area contributed by atoms with E-state index in [9.17, 15) is 10.1 Å². The van der Waals surface area contributed by atoms with Crippen LogP contribution in [0.1, 0.15) is 5.56 Å². The van der Waals surface area contributed by atoms with Crippen molar-refractivity contribution in [1.29, 1.82) is 5.26 Å². The van der Waals surface area contributed by atoms with E-state index in [1.807, 2.05) is 6.07 Å². The number of thioether (sulfide) groups is 1. The van der Waals surface area contributed by atoms with Crippen LogP contribution >= 0.6 is 35.0 Å². The van der Waals surface area contributed by atoms with Crippen LogP contribution in [0.3, 0.4) is 0 Å². The SMILES string of the molecule is N#Cc1c(SCC(N)=O)ncnc1-c1ccc(Cl)c(Cl)c1. The number of hydrogen-bond donors (Lipinski definition) is 1. The van der Waals surface area contributed by atoms with Crippen LogP contribution in [0.15, 0.2) is 29.6 Å². The standard InChI is InChI=1S/C13H8Cl2N4OS/c14-9-2-1-7(3-10(9)15)12-8(4-16)13(19-6-18-12)21-5-11(17)20/h1-3,6H,5H2,(H2,17,20). The van der Waals surface area contributed by atoms with E-state index in [-0.39, 0.29) is 11.3 Å². The largest absolute Gasteiger partial charge is 0.369 e. The third-order valence-corrected chi connectivity index (χ3v) is 4.22. The zero-order chi connectivity index (χ0) is 15.4. The van der Waals surface area contributed by atoms with Crippen molar-refractivity contribution in [2.24, 2.45) is 5.73 Å². The molecule has 0 saturated carbocycles. The molecule has 0 atom stereocenters. The lowest BCUT2D eigenvalue weighted by molar-refractivity contribution is -0.115. The van der Waals surface area contributed by atoms with Crippen LogP contribution in [0.25, 0.3) is 11.3 Å². The van der Waals surface area contributed by atoms with E-state index in [0.29, 0.717) is 26.3 Å². The number of benzene rings is 1. The van der Waals surface area contributed by atoms with Crippen LogP contribution in [0.4, 0.5) is 0 Å². The second kappa shape index (κ2) is 6.76. The second-order valence-electron chi connectivity index (χ2n) is 3.90. The first-order chi connectivity index (χ1) is 10.0. The quantitative estimate of drug-likeness (QED) is 0.683. The van der Waals surface area contributed by atoms with Gasteiger partial charge in [0.15, 0.2) is 0 Å². The molecule has 2 rings (SSSR count). The average molecular weight is 339 g/mol. The molecule has 0 bridgehead atoms. The van der Waals surface area contributed by atoms with E-state index in [2.05, 4.69) is 9.97 Å². The number of carbonyl (C=O) groups excluding carboxylic acids is 1. The minimum atomic E-state index is -0.487. The van der Waals surface area contributed by atoms with Gasteiger partial charge in [0.2, 0.25) is 5.91 Å². The molecule has 0 saturated heterocycles. The molecule has 21 heavy (non-hydrogen) atoms. The molecule has 2 aromatic rings. The predicted octanol–water partition coefficient (Wildman–Crippen LogP) is 2.90. The van der Waals surface area contributed by atoms with E-state index >= 15 is 0 Å². The highest BCUT2D eigenvalue weighted by Gasteiger charge is 2.15. The van der Waals surface area contributed by atoms with Crippen molar-refractivity contribution in [3.63, 3.8) is 0 Å². The Morgan fingerprint density at radius 1 is 1.33 bits per heavy atom. The Kier molecular flexibility index (Phi) is 5.02. The van der Waals surface area contributed by atoms with Gasteiger partial charge in [-0.05, 0) is 12.1 Å². The van der Waals surface area contributed by atoms with Crippen molar-refractivity contribution in [3.05, 3.63) is 40.1 Å². The summed E-state index contributed by atoms with van der Waals surface area (Å²) in [5.41, 5.74) is 6.44. The van der Waals surface area contributed by atoms with Gasteiger partial charge in [0.25, 0.3) is 0 Å². The van der Waals surface area contributed by atoms with E-state index in [4.69, 9.17) is 28.9 Å². The van der Waals surface area contributed by atoms with Crippen LogP contribution < -0.4 is 5.73 Å². The Morgan fingerprint density at radius 3 is 2.71 bits per heavy atom.